The molecule has 1 unspecified atom stereocenters. The topological polar surface area (TPSA) is 92.4 Å². The minimum absolute atomic E-state index is 0.0199. The van der Waals surface area contributed by atoms with E-state index in [-0.39, 0.29) is 11.1 Å². The van der Waals surface area contributed by atoms with Crippen molar-refractivity contribution < 1.29 is 32.3 Å². The molecular formula is C16H12F4N2O3. The number of aliphatic hydroxyl groups excluding tert-OH is 1. The standard InChI is InChI=1S/C16H12F4N2O3/c17-10-4-1-8(2-5-10)13(23)15(25)22-12-7-9(16(18,19)20)3-6-11(12)14(21)24/h1-7,13,23H,(H2,21,24)(H,22,25). The van der Waals surface area contributed by atoms with Crippen LogP contribution in [0.2, 0.25) is 0 Å². The summed E-state index contributed by atoms with van der Waals surface area (Å²) >= 11 is 0. The molecule has 132 valence electrons. The number of anilines is 1. The number of nitrogens with two attached hydrogens (primary N) is 1. The van der Waals surface area contributed by atoms with Crippen LogP contribution < -0.4 is 11.1 Å². The first-order valence-corrected chi connectivity index (χ1v) is 6.85. The summed E-state index contributed by atoms with van der Waals surface area (Å²) < 4.78 is 51.2. The molecule has 9 heteroatoms. The van der Waals surface area contributed by atoms with Gasteiger partial charge in [0, 0.05) is 0 Å². The number of hydrogen-bond acceptors (Lipinski definition) is 3. The van der Waals surface area contributed by atoms with E-state index in [1.807, 2.05) is 5.32 Å². The second kappa shape index (κ2) is 6.89. The van der Waals surface area contributed by atoms with E-state index in [9.17, 15) is 32.3 Å². The third kappa shape index (κ3) is 4.32. The number of halogens is 4. The Balaban J connectivity index is 2.32. The van der Waals surface area contributed by atoms with Gasteiger partial charge < -0.3 is 16.2 Å². The predicted molar refractivity (Wildman–Crippen MR) is 80.0 cm³/mol. The van der Waals surface area contributed by atoms with Crippen LogP contribution in [-0.4, -0.2) is 16.9 Å². The van der Waals surface area contributed by atoms with Crippen LogP contribution in [0.1, 0.15) is 27.6 Å². The van der Waals surface area contributed by atoms with Gasteiger partial charge in [0.25, 0.3) is 11.8 Å². The number of carbonyl (C=O) groups is 2. The summed E-state index contributed by atoms with van der Waals surface area (Å²) in [5, 5.41) is 12.0. The molecule has 0 aliphatic heterocycles. The third-order valence-electron chi connectivity index (χ3n) is 3.30. The highest BCUT2D eigenvalue weighted by Gasteiger charge is 2.32. The number of benzene rings is 2. The Morgan fingerprint density at radius 2 is 1.68 bits per heavy atom. The van der Waals surface area contributed by atoms with Crippen LogP contribution in [0.25, 0.3) is 0 Å². The van der Waals surface area contributed by atoms with Crippen LogP contribution in [0.3, 0.4) is 0 Å². The maximum atomic E-state index is 12.9. The molecule has 0 heterocycles. The van der Waals surface area contributed by atoms with Gasteiger partial charge in [-0.3, -0.25) is 9.59 Å². The minimum Gasteiger partial charge on any atom is -0.378 e. The Bertz CT molecular complexity index is 804. The van der Waals surface area contributed by atoms with Crippen LogP contribution in [-0.2, 0) is 11.0 Å². The number of amides is 2. The molecule has 2 amide bonds. The number of aliphatic hydroxyl groups is 1. The van der Waals surface area contributed by atoms with Crippen molar-refractivity contribution in [3.63, 3.8) is 0 Å². The van der Waals surface area contributed by atoms with Crippen LogP contribution in [0.4, 0.5) is 23.2 Å². The zero-order valence-electron chi connectivity index (χ0n) is 12.5. The van der Waals surface area contributed by atoms with Crippen molar-refractivity contribution in [1.29, 1.82) is 0 Å². The van der Waals surface area contributed by atoms with E-state index in [0.29, 0.717) is 12.1 Å². The molecule has 1 atom stereocenters. The summed E-state index contributed by atoms with van der Waals surface area (Å²) in [5.74, 6) is -2.75. The Morgan fingerprint density at radius 3 is 2.20 bits per heavy atom. The second-order valence-corrected chi connectivity index (χ2v) is 5.07. The lowest BCUT2D eigenvalue weighted by Crippen LogP contribution is -2.24. The van der Waals surface area contributed by atoms with Crippen molar-refractivity contribution in [2.45, 2.75) is 12.3 Å². The van der Waals surface area contributed by atoms with E-state index in [1.165, 1.54) is 0 Å². The van der Waals surface area contributed by atoms with Crippen molar-refractivity contribution in [3.05, 3.63) is 65.0 Å². The Labute approximate surface area is 139 Å². The first kappa shape index (κ1) is 18.4. The molecule has 0 fully saturated rings. The van der Waals surface area contributed by atoms with Crippen molar-refractivity contribution in [2.24, 2.45) is 5.73 Å². The monoisotopic (exact) mass is 356 g/mol. The molecule has 0 aliphatic rings. The van der Waals surface area contributed by atoms with Gasteiger partial charge in [-0.15, -0.1) is 0 Å². The first-order valence-electron chi connectivity index (χ1n) is 6.85. The number of nitrogens with one attached hydrogen (secondary N) is 1. The highest BCUT2D eigenvalue weighted by Crippen LogP contribution is 2.32. The molecule has 0 saturated heterocycles. The molecule has 0 saturated carbocycles. The van der Waals surface area contributed by atoms with E-state index in [0.717, 1.165) is 30.3 Å². The number of rotatable bonds is 4. The summed E-state index contributed by atoms with van der Waals surface area (Å²) in [7, 11) is 0. The summed E-state index contributed by atoms with van der Waals surface area (Å²) in [6.45, 7) is 0. The van der Waals surface area contributed by atoms with Gasteiger partial charge >= 0.3 is 6.18 Å². The molecule has 2 aromatic rings. The molecule has 0 radical (unpaired) electrons. The maximum absolute atomic E-state index is 12.9. The first-order chi connectivity index (χ1) is 11.6. The molecule has 0 bridgehead atoms. The van der Waals surface area contributed by atoms with E-state index >= 15 is 0 Å². The fourth-order valence-corrected chi connectivity index (χ4v) is 2.04. The molecule has 2 aromatic carbocycles. The molecule has 25 heavy (non-hydrogen) atoms. The summed E-state index contributed by atoms with van der Waals surface area (Å²) in [6.07, 6.45) is -6.48. The van der Waals surface area contributed by atoms with Gasteiger partial charge in [-0.05, 0) is 35.9 Å². The Morgan fingerprint density at radius 1 is 1.08 bits per heavy atom. The van der Waals surface area contributed by atoms with Gasteiger partial charge in [-0.2, -0.15) is 13.2 Å². The number of hydrogen-bond donors (Lipinski definition) is 3. The summed E-state index contributed by atoms with van der Waals surface area (Å²) in [6, 6.07) is 6.30. The van der Waals surface area contributed by atoms with Crippen LogP contribution >= 0.6 is 0 Å². The highest BCUT2D eigenvalue weighted by atomic mass is 19.4. The number of carbonyl (C=O) groups excluding carboxylic acids is 2. The third-order valence-corrected chi connectivity index (χ3v) is 3.30. The summed E-state index contributed by atoms with van der Waals surface area (Å²) in [4.78, 5) is 23.4. The zero-order valence-corrected chi connectivity index (χ0v) is 12.5. The van der Waals surface area contributed by atoms with Crippen LogP contribution in [0.5, 0.6) is 0 Å². The molecule has 0 aliphatic carbocycles. The largest absolute Gasteiger partial charge is 0.416 e. The SMILES string of the molecule is NC(=O)c1ccc(C(F)(F)F)cc1NC(=O)C(O)c1ccc(F)cc1. The van der Waals surface area contributed by atoms with Crippen molar-refractivity contribution in [3.8, 4) is 0 Å². The molecule has 0 aromatic heterocycles. The Hall–Kier alpha value is -2.94. The smallest absolute Gasteiger partial charge is 0.378 e. The van der Waals surface area contributed by atoms with Gasteiger partial charge in [0.2, 0.25) is 0 Å². The molecule has 4 N–H and O–H groups in total. The molecule has 2 rings (SSSR count). The van der Waals surface area contributed by atoms with Crippen molar-refractivity contribution >= 4 is 17.5 Å². The molecule has 5 nitrogen and oxygen atoms in total. The van der Waals surface area contributed by atoms with Gasteiger partial charge in [0.15, 0.2) is 6.10 Å². The van der Waals surface area contributed by atoms with E-state index in [2.05, 4.69) is 0 Å². The van der Waals surface area contributed by atoms with Gasteiger partial charge in [-0.1, -0.05) is 12.1 Å². The van der Waals surface area contributed by atoms with Crippen LogP contribution in [0.15, 0.2) is 42.5 Å². The number of alkyl halides is 3. The number of primary amides is 1. The fraction of sp³-hybridized carbons (Fsp3) is 0.125. The van der Waals surface area contributed by atoms with Gasteiger partial charge in [0.05, 0.1) is 16.8 Å². The fourth-order valence-electron chi connectivity index (χ4n) is 2.04. The second-order valence-electron chi connectivity index (χ2n) is 5.07. The van der Waals surface area contributed by atoms with Crippen molar-refractivity contribution in [2.75, 3.05) is 5.32 Å². The quantitative estimate of drug-likeness (QED) is 0.736. The lowest BCUT2D eigenvalue weighted by atomic mass is 10.1. The minimum atomic E-state index is -4.70. The van der Waals surface area contributed by atoms with Crippen LogP contribution in [0, 0.1) is 5.82 Å². The van der Waals surface area contributed by atoms with E-state index < -0.39 is 41.2 Å². The van der Waals surface area contributed by atoms with E-state index in [1.54, 1.807) is 0 Å². The lowest BCUT2D eigenvalue weighted by Gasteiger charge is -2.15. The normalized spacial score (nSPS) is 12.5. The lowest BCUT2D eigenvalue weighted by molar-refractivity contribution is -0.137. The predicted octanol–water partition coefficient (Wildman–Crippen LogP) is 2.62. The van der Waals surface area contributed by atoms with Crippen molar-refractivity contribution in [1.82, 2.24) is 0 Å². The zero-order chi connectivity index (χ0) is 18.8. The highest BCUT2D eigenvalue weighted by molar-refractivity contribution is 6.04. The average Bonchev–Trinajstić information content (AvgIpc) is 2.53. The van der Waals surface area contributed by atoms with Gasteiger partial charge in [-0.25, -0.2) is 4.39 Å². The average molecular weight is 356 g/mol. The Kier molecular flexibility index (Phi) is 5.07. The molecule has 0 spiro atoms. The maximum Gasteiger partial charge on any atom is 0.416 e. The molecular weight excluding hydrogens is 344 g/mol. The van der Waals surface area contributed by atoms with Gasteiger partial charge in [0.1, 0.15) is 5.82 Å². The summed E-state index contributed by atoms with van der Waals surface area (Å²) in [5.41, 5.74) is 3.14. The van der Waals surface area contributed by atoms with E-state index in [4.69, 9.17) is 5.73 Å².